The second kappa shape index (κ2) is 5.72. The molecule has 1 amide bonds. The molecule has 1 aromatic heterocycles. The molecule has 0 atom stereocenters. The molecule has 1 heterocycles. The summed E-state index contributed by atoms with van der Waals surface area (Å²) in [6.45, 7) is 0.0319. The number of carbonyl (C=O) groups excluding carboxylic acids is 1. The third kappa shape index (κ3) is 3.85. The van der Waals surface area contributed by atoms with Crippen LogP contribution in [0.15, 0.2) is 22.9 Å². The van der Waals surface area contributed by atoms with E-state index >= 15 is 0 Å². The quantitative estimate of drug-likeness (QED) is 0.862. The Labute approximate surface area is 90.5 Å². The molecule has 14 heavy (non-hydrogen) atoms. The number of nitrogens with one attached hydrogen (secondary N) is 1. The van der Waals surface area contributed by atoms with Crippen molar-refractivity contribution < 1.29 is 9.90 Å². The lowest BCUT2D eigenvalue weighted by Gasteiger charge is -2.03. The van der Waals surface area contributed by atoms with E-state index in [9.17, 15) is 4.79 Å². The van der Waals surface area contributed by atoms with Crippen molar-refractivity contribution in [2.45, 2.75) is 12.8 Å². The first-order chi connectivity index (χ1) is 6.72. The monoisotopic (exact) mass is 258 g/mol. The molecule has 0 bridgehead atoms. The molecule has 4 nitrogen and oxygen atoms in total. The Balaban J connectivity index is 2.47. The fraction of sp³-hybridized carbons (Fsp3) is 0.333. The Hall–Kier alpha value is -0.940. The summed E-state index contributed by atoms with van der Waals surface area (Å²) in [4.78, 5) is 15.1. The number of pyridine rings is 1. The van der Waals surface area contributed by atoms with Crippen LogP contribution in [0.25, 0.3) is 0 Å². The summed E-state index contributed by atoms with van der Waals surface area (Å²) in [5.74, 6) is -0.112. The summed E-state index contributed by atoms with van der Waals surface area (Å²) in [6.07, 6.45) is 4.02. The highest BCUT2D eigenvalue weighted by molar-refractivity contribution is 9.10. The highest BCUT2D eigenvalue weighted by Crippen LogP contribution is 2.13. The zero-order chi connectivity index (χ0) is 10.4. The molecule has 1 rings (SSSR count). The average Bonchev–Trinajstić information content (AvgIpc) is 2.15. The van der Waals surface area contributed by atoms with Gasteiger partial charge in [-0.2, -0.15) is 0 Å². The minimum atomic E-state index is -0.112. The van der Waals surface area contributed by atoms with Crippen LogP contribution in [0.2, 0.25) is 0 Å². The molecule has 0 aliphatic carbocycles. The zero-order valence-corrected chi connectivity index (χ0v) is 9.12. The number of amides is 1. The molecular formula is C9H11BrN2O2. The molecule has 0 unspecified atom stereocenters. The SMILES string of the molecule is O=C(CCCO)Nc1cncc(Br)c1. The van der Waals surface area contributed by atoms with Crippen molar-refractivity contribution in [3.05, 3.63) is 22.9 Å². The molecule has 0 saturated heterocycles. The fourth-order valence-corrected chi connectivity index (χ4v) is 1.31. The van der Waals surface area contributed by atoms with E-state index in [-0.39, 0.29) is 12.5 Å². The number of aliphatic hydroxyl groups is 1. The molecule has 76 valence electrons. The van der Waals surface area contributed by atoms with Crippen molar-refractivity contribution in [1.29, 1.82) is 0 Å². The summed E-state index contributed by atoms with van der Waals surface area (Å²) < 4.78 is 0.817. The minimum absolute atomic E-state index is 0.0319. The standard InChI is InChI=1S/C9H11BrN2O2/c10-7-4-8(6-11-5-7)12-9(14)2-1-3-13/h4-6,13H,1-3H2,(H,12,14). The maximum Gasteiger partial charge on any atom is 0.224 e. The lowest BCUT2D eigenvalue weighted by Crippen LogP contribution is -2.11. The van der Waals surface area contributed by atoms with Crippen molar-refractivity contribution in [3.63, 3.8) is 0 Å². The molecule has 2 N–H and O–H groups in total. The maximum absolute atomic E-state index is 11.2. The number of hydrogen-bond donors (Lipinski definition) is 2. The van der Waals surface area contributed by atoms with Gasteiger partial charge in [0.1, 0.15) is 0 Å². The molecule has 0 fully saturated rings. The van der Waals surface area contributed by atoms with Crippen molar-refractivity contribution >= 4 is 27.5 Å². The van der Waals surface area contributed by atoms with Crippen molar-refractivity contribution in [1.82, 2.24) is 4.98 Å². The molecule has 0 spiro atoms. The van der Waals surface area contributed by atoms with E-state index in [0.717, 1.165) is 4.47 Å². The molecule has 0 aromatic carbocycles. The Morgan fingerprint density at radius 3 is 3.00 bits per heavy atom. The van der Waals surface area contributed by atoms with Crippen LogP contribution in [0.3, 0.4) is 0 Å². The van der Waals surface area contributed by atoms with Gasteiger partial charge < -0.3 is 10.4 Å². The summed E-state index contributed by atoms with van der Waals surface area (Å²) >= 11 is 3.25. The number of anilines is 1. The maximum atomic E-state index is 11.2. The smallest absolute Gasteiger partial charge is 0.224 e. The minimum Gasteiger partial charge on any atom is -0.396 e. The van der Waals surface area contributed by atoms with Gasteiger partial charge in [0, 0.05) is 23.7 Å². The largest absolute Gasteiger partial charge is 0.396 e. The second-order valence-electron chi connectivity index (χ2n) is 2.77. The predicted octanol–water partition coefficient (Wildman–Crippen LogP) is 1.56. The summed E-state index contributed by atoms with van der Waals surface area (Å²) in [5, 5.41) is 11.2. The highest BCUT2D eigenvalue weighted by Gasteiger charge is 2.01. The van der Waals surface area contributed by atoms with Crippen LogP contribution in [0.4, 0.5) is 5.69 Å². The van der Waals surface area contributed by atoms with E-state index in [1.807, 2.05) is 0 Å². The van der Waals surface area contributed by atoms with Gasteiger partial charge in [-0.05, 0) is 28.4 Å². The average molecular weight is 259 g/mol. The number of nitrogens with zero attached hydrogens (tertiary/aromatic N) is 1. The van der Waals surface area contributed by atoms with Gasteiger partial charge in [-0.25, -0.2) is 0 Å². The van der Waals surface area contributed by atoms with Gasteiger partial charge in [-0.15, -0.1) is 0 Å². The number of aliphatic hydroxyl groups excluding tert-OH is 1. The first kappa shape index (κ1) is 11.1. The van der Waals surface area contributed by atoms with E-state index in [0.29, 0.717) is 18.5 Å². The van der Waals surface area contributed by atoms with E-state index in [1.165, 1.54) is 0 Å². The van der Waals surface area contributed by atoms with Crippen LogP contribution >= 0.6 is 15.9 Å². The number of rotatable bonds is 4. The predicted molar refractivity (Wildman–Crippen MR) is 56.9 cm³/mol. The molecule has 1 aromatic rings. The molecule has 0 radical (unpaired) electrons. The van der Waals surface area contributed by atoms with Crippen molar-refractivity contribution in [2.24, 2.45) is 0 Å². The topological polar surface area (TPSA) is 62.2 Å². The highest BCUT2D eigenvalue weighted by atomic mass is 79.9. The summed E-state index contributed by atoms with van der Waals surface area (Å²) in [7, 11) is 0. The zero-order valence-electron chi connectivity index (χ0n) is 7.53. The third-order valence-corrected chi connectivity index (χ3v) is 1.98. The van der Waals surface area contributed by atoms with Gasteiger partial charge in [0.25, 0.3) is 0 Å². The summed E-state index contributed by atoms with van der Waals surface area (Å²) in [6, 6.07) is 1.77. The van der Waals surface area contributed by atoms with Crippen LogP contribution in [0.1, 0.15) is 12.8 Å². The second-order valence-corrected chi connectivity index (χ2v) is 3.68. The van der Waals surface area contributed by atoms with Gasteiger partial charge >= 0.3 is 0 Å². The first-order valence-electron chi connectivity index (χ1n) is 4.23. The van der Waals surface area contributed by atoms with E-state index in [4.69, 9.17) is 5.11 Å². The lowest BCUT2D eigenvalue weighted by molar-refractivity contribution is -0.116. The van der Waals surface area contributed by atoms with Gasteiger partial charge in [0.15, 0.2) is 0 Å². The summed E-state index contributed by atoms with van der Waals surface area (Å²) in [5.41, 5.74) is 0.655. The van der Waals surface area contributed by atoms with Crippen LogP contribution in [0, 0.1) is 0 Å². The van der Waals surface area contributed by atoms with Crippen LogP contribution in [-0.2, 0) is 4.79 Å². The normalized spacial score (nSPS) is 9.86. The van der Waals surface area contributed by atoms with Gasteiger partial charge in [0.05, 0.1) is 11.9 Å². The Bertz CT molecular complexity index is 317. The fourth-order valence-electron chi connectivity index (χ4n) is 0.943. The Morgan fingerprint density at radius 2 is 2.36 bits per heavy atom. The van der Waals surface area contributed by atoms with Gasteiger partial charge in [-0.3, -0.25) is 9.78 Å². The van der Waals surface area contributed by atoms with Crippen LogP contribution < -0.4 is 5.32 Å². The Morgan fingerprint density at radius 1 is 1.57 bits per heavy atom. The van der Waals surface area contributed by atoms with Crippen molar-refractivity contribution in [2.75, 3.05) is 11.9 Å². The number of hydrogen-bond acceptors (Lipinski definition) is 3. The third-order valence-electron chi connectivity index (χ3n) is 1.55. The van der Waals surface area contributed by atoms with Gasteiger partial charge in [-0.1, -0.05) is 0 Å². The van der Waals surface area contributed by atoms with Crippen LogP contribution in [0.5, 0.6) is 0 Å². The molecular weight excluding hydrogens is 248 g/mol. The first-order valence-corrected chi connectivity index (χ1v) is 5.03. The number of aromatic nitrogens is 1. The van der Waals surface area contributed by atoms with E-state index in [2.05, 4.69) is 26.2 Å². The van der Waals surface area contributed by atoms with E-state index in [1.54, 1.807) is 18.5 Å². The van der Waals surface area contributed by atoms with Crippen molar-refractivity contribution in [3.8, 4) is 0 Å². The number of carbonyl (C=O) groups is 1. The Kier molecular flexibility index (Phi) is 4.55. The molecule has 5 heteroatoms. The molecule has 0 aliphatic rings. The number of halogens is 1. The van der Waals surface area contributed by atoms with Crippen LogP contribution in [-0.4, -0.2) is 22.6 Å². The van der Waals surface area contributed by atoms with Gasteiger partial charge in [0.2, 0.25) is 5.91 Å². The van der Waals surface area contributed by atoms with E-state index < -0.39 is 0 Å². The lowest BCUT2D eigenvalue weighted by atomic mass is 10.3. The molecule has 0 saturated carbocycles. The molecule has 0 aliphatic heterocycles.